The van der Waals surface area contributed by atoms with Gasteiger partial charge in [-0.15, -0.1) is 0 Å². The van der Waals surface area contributed by atoms with Crippen LogP contribution in [-0.4, -0.2) is 32.7 Å². The second kappa shape index (κ2) is 6.91. The molecule has 0 bridgehead atoms. The van der Waals surface area contributed by atoms with E-state index in [4.69, 9.17) is 0 Å². The first-order valence-corrected chi connectivity index (χ1v) is 7.78. The number of aromatic nitrogens is 2. The molecule has 2 rings (SSSR count). The third kappa shape index (κ3) is 3.96. The topological polar surface area (TPSA) is 84.2 Å². The van der Waals surface area contributed by atoms with E-state index < -0.39 is 5.60 Å². The average Bonchev–Trinajstić information content (AvgIpc) is 2.55. The molecule has 2 aromatic rings. The third-order valence-electron chi connectivity index (χ3n) is 4.36. The number of aliphatic hydroxyl groups is 1. The van der Waals surface area contributed by atoms with Gasteiger partial charge in [-0.05, 0) is 25.0 Å². The lowest BCUT2D eigenvalue weighted by Crippen LogP contribution is -2.46. The van der Waals surface area contributed by atoms with E-state index in [2.05, 4.69) is 10.3 Å². The summed E-state index contributed by atoms with van der Waals surface area (Å²) in [6, 6.07) is 7.01. The zero-order valence-electron chi connectivity index (χ0n) is 13.7. The Hall–Kier alpha value is -2.21. The van der Waals surface area contributed by atoms with Gasteiger partial charge in [-0.25, -0.2) is 4.98 Å². The number of nitrogens with zero attached hydrogens (tertiary/aromatic N) is 2. The van der Waals surface area contributed by atoms with Crippen LogP contribution < -0.4 is 10.9 Å². The minimum atomic E-state index is -0.975. The van der Waals surface area contributed by atoms with Crippen molar-refractivity contribution >= 4 is 16.8 Å². The van der Waals surface area contributed by atoms with Crippen LogP contribution in [0.15, 0.2) is 35.4 Å². The van der Waals surface area contributed by atoms with Crippen molar-refractivity contribution in [2.45, 2.75) is 39.3 Å². The Balaban J connectivity index is 2.06. The number of rotatable bonds is 6. The van der Waals surface area contributed by atoms with Gasteiger partial charge in [-0.3, -0.25) is 14.2 Å². The molecule has 6 heteroatoms. The number of nitrogens with one attached hydrogen (secondary N) is 1. The van der Waals surface area contributed by atoms with Gasteiger partial charge in [0.2, 0.25) is 5.91 Å². The molecule has 0 fully saturated rings. The Morgan fingerprint density at radius 3 is 2.83 bits per heavy atom. The monoisotopic (exact) mass is 317 g/mol. The maximum atomic E-state index is 12.3. The van der Waals surface area contributed by atoms with Crippen molar-refractivity contribution in [3.05, 3.63) is 40.9 Å². The van der Waals surface area contributed by atoms with E-state index in [9.17, 15) is 14.7 Å². The van der Waals surface area contributed by atoms with Gasteiger partial charge in [0.25, 0.3) is 5.56 Å². The van der Waals surface area contributed by atoms with Crippen LogP contribution in [-0.2, 0) is 11.3 Å². The second-order valence-electron chi connectivity index (χ2n) is 6.14. The van der Waals surface area contributed by atoms with Crippen LogP contribution in [0.1, 0.15) is 27.2 Å². The van der Waals surface area contributed by atoms with Crippen molar-refractivity contribution in [2.75, 3.05) is 6.54 Å². The largest absolute Gasteiger partial charge is 0.388 e. The van der Waals surface area contributed by atoms with Crippen LogP contribution in [0.5, 0.6) is 0 Å². The van der Waals surface area contributed by atoms with Gasteiger partial charge in [0.05, 0.1) is 22.8 Å². The standard InChI is InChI=1S/C17H23N3O3/c1-4-12(2)17(3,23)10-18-15(21)9-20-11-19-14-8-6-5-7-13(14)16(20)22/h5-8,11-12,23H,4,9-10H2,1-3H3,(H,18,21). The Morgan fingerprint density at radius 2 is 2.13 bits per heavy atom. The Labute approximate surface area is 135 Å². The lowest BCUT2D eigenvalue weighted by Gasteiger charge is -2.29. The molecule has 0 aliphatic heterocycles. The Bertz CT molecular complexity index is 752. The van der Waals surface area contributed by atoms with Crippen LogP contribution in [0, 0.1) is 5.92 Å². The predicted molar refractivity (Wildman–Crippen MR) is 89.1 cm³/mol. The van der Waals surface area contributed by atoms with Gasteiger partial charge >= 0.3 is 0 Å². The van der Waals surface area contributed by atoms with Crippen molar-refractivity contribution in [2.24, 2.45) is 5.92 Å². The van der Waals surface area contributed by atoms with E-state index in [-0.39, 0.29) is 30.5 Å². The third-order valence-corrected chi connectivity index (χ3v) is 4.36. The molecule has 2 unspecified atom stereocenters. The summed E-state index contributed by atoms with van der Waals surface area (Å²) in [4.78, 5) is 28.5. The van der Waals surface area contributed by atoms with Gasteiger partial charge in [0.1, 0.15) is 6.54 Å². The molecule has 0 aliphatic carbocycles. The normalized spacial score (nSPS) is 15.1. The van der Waals surface area contributed by atoms with E-state index in [1.165, 1.54) is 10.9 Å². The maximum Gasteiger partial charge on any atom is 0.261 e. The number of benzene rings is 1. The highest BCUT2D eigenvalue weighted by molar-refractivity contribution is 5.78. The molecular weight excluding hydrogens is 294 g/mol. The summed E-state index contributed by atoms with van der Waals surface area (Å²) in [5.41, 5.74) is -0.620. The molecule has 1 aromatic heterocycles. The molecule has 0 aliphatic rings. The summed E-state index contributed by atoms with van der Waals surface area (Å²) < 4.78 is 1.27. The number of carbonyl (C=O) groups is 1. The van der Waals surface area contributed by atoms with Gasteiger partial charge < -0.3 is 10.4 Å². The summed E-state index contributed by atoms with van der Waals surface area (Å²) in [5.74, 6) is -0.263. The van der Waals surface area contributed by atoms with Crippen LogP contribution >= 0.6 is 0 Å². The van der Waals surface area contributed by atoms with E-state index in [1.807, 2.05) is 19.9 Å². The van der Waals surface area contributed by atoms with Crippen LogP contribution in [0.4, 0.5) is 0 Å². The number of fused-ring (bicyclic) bond motifs is 1. The lowest BCUT2D eigenvalue weighted by molar-refractivity contribution is -0.123. The summed E-state index contributed by atoms with van der Waals surface area (Å²) in [7, 11) is 0. The molecule has 23 heavy (non-hydrogen) atoms. The molecule has 1 amide bonds. The molecule has 124 valence electrons. The molecule has 0 saturated heterocycles. The Kier molecular flexibility index (Phi) is 5.15. The minimum Gasteiger partial charge on any atom is -0.388 e. The number of para-hydroxylation sites is 1. The smallest absolute Gasteiger partial charge is 0.261 e. The fourth-order valence-electron chi connectivity index (χ4n) is 2.32. The highest BCUT2D eigenvalue weighted by Gasteiger charge is 2.27. The molecule has 1 heterocycles. The van der Waals surface area contributed by atoms with Crippen molar-refractivity contribution in [1.29, 1.82) is 0 Å². The zero-order valence-corrected chi connectivity index (χ0v) is 13.7. The van der Waals surface area contributed by atoms with Crippen molar-refractivity contribution in [3.8, 4) is 0 Å². The average molecular weight is 317 g/mol. The predicted octanol–water partition coefficient (Wildman–Crippen LogP) is 1.31. The number of hydrogen-bond donors (Lipinski definition) is 2. The zero-order chi connectivity index (χ0) is 17.0. The lowest BCUT2D eigenvalue weighted by atomic mass is 9.89. The van der Waals surface area contributed by atoms with E-state index in [1.54, 1.807) is 25.1 Å². The van der Waals surface area contributed by atoms with Crippen LogP contribution in [0.25, 0.3) is 10.9 Å². The van der Waals surface area contributed by atoms with Crippen LogP contribution in [0.2, 0.25) is 0 Å². The first-order valence-electron chi connectivity index (χ1n) is 7.78. The highest BCUT2D eigenvalue weighted by atomic mass is 16.3. The second-order valence-corrected chi connectivity index (χ2v) is 6.14. The van der Waals surface area contributed by atoms with Gasteiger partial charge in [-0.2, -0.15) is 0 Å². The van der Waals surface area contributed by atoms with Crippen molar-refractivity contribution < 1.29 is 9.90 Å². The molecular formula is C17H23N3O3. The molecule has 6 nitrogen and oxygen atoms in total. The Morgan fingerprint density at radius 1 is 1.43 bits per heavy atom. The first kappa shape index (κ1) is 17.1. The summed E-state index contributed by atoms with van der Waals surface area (Å²) in [5, 5.41) is 13.5. The van der Waals surface area contributed by atoms with Gasteiger partial charge in [-0.1, -0.05) is 32.4 Å². The first-order chi connectivity index (χ1) is 10.8. The summed E-state index contributed by atoms with van der Waals surface area (Å²) in [6.07, 6.45) is 2.19. The van der Waals surface area contributed by atoms with Crippen LogP contribution in [0.3, 0.4) is 0 Å². The molecule has 2 N–H and O–H groups in total. The summed E-state index contributed by atoms with van der Waals surface area (Å²) in [6.45, 7) is 5.65. The number of hydrogen-bond acceptors (Lipinski definition) is 4. The quantitative estimate of drug-likeness (QED) is 0.841. The van der Waals surface area contributed by atoms with E-state index in [0.29, 0.717) is 10.9 Å². The van der Waals surface area contributed by atoms with E-state index in [0.717, 1.165) is 6.42 Å². The number of amides is 1. The SMILES string of the molecule is CCC(C)C(C)(O)CNC(=O)Cn1cnc2ccccc2c1=O. The van der Waals surface area contributed by atoms with Crippen molar-refractivity contribution in [3.63, 3.8) is 0 Å². The highest BCUT2D eigenvalue weighted by Crippen LogP contribution is 2.18. The molecule has 0 spiro atoms. The summed E-state index contributed by atoms with van der Waals surface area (Å²) >= 11 is 0. The van der Waals surface area contributed by atoms with Gasteiger partial charge in [0, 0.05) is 6.54 Å². The van der Waals surface area contributed by atoms with E-state index >= 15 is 0 Å². The fourth-order valence-corrected chi connectivity index (χ4v) is 2.32. The molecule has 0 saturated carbocycles. The molecule has 0 radical (unpaired) electrons. The number of carbonyl (C=O) groups excluding carboxylic acids is 1. The maximum absolute atomic E-state index is 12.3. The molecule has 1 aromatic carbocycles. The van der Waals surface area contributed by atoms with Crippen molar-refractivity contribution in [1.82, 2.24) is 14.9 Å². The fraction of sp³-hybridized carbons (Fsp3) is 0.471. The molecule has 2 atom stereocenters. The minimum absolute atomic E-state index is 0.0628. The van der Waals surface area contributed by atoms with Gasteiger partial charge in [0.15, 0.2) is 0 Å².